The van der Waals surface area contributed by atoms with Crippen LogP contribution in [0.5, 0.6) is 0 Å². The van der Waals surface area contributed by atoms with Crippen molar-refractivity contribution >= 4 is 47.1 Å². The second kappa shape index (κ2) is 8.76. The van der Waals surface area contributed by atoms with E-state index in [4.69, 9.17) is 27.9 Å². The molecule has 0 aromatic heterocycles. The summed E-state index contributed by atoms with van der Waals surface area (Å²) in [7, 11) is 0. The summed E-state index contributed by atoms with van der Waals surface area (Å²) in [6, 6.07) is 5.79. The van der Waals surface area contributed by atoms with Gasteiger partial charge in [0.05, 0.1) is 27.3 Å². The van der Waals surface area contributed by atoms with Crippen LogP contribution in [0.2, 0.25) is 10.0 Å². The molecule has 0 atom stereocenters. The molecule has 0 aliphatic rings. The summed E-state index contributed by atoms with van der Waals surface area (Å²) in [6.45, 7) is 3.05. The van der Waals surface area contributed by atoms with Gasteiger partial charge < -0.3 is 20.1 Å². The van der Waals surface area contributed by atoms with Gasteiger partial charge >= 0.3 is 23.9 Å². The molecule has 3 N–H and O–H groups in total. The van der Waals surface area contributed by atoms with Crippen molar-refractivity contribution in [1.82, 2.24) is 0 Å². The maximum Gasteiger partial charge on any atom is 0.340 e. The van der Waals surface area contributed by atoms with Crippen molar-refractivity contribution < 1.29 is 39.2 Å². The summed E-state index contributed by atoms with van der Waals surface area (Å²) in [5, 5.41) is 28.0. The Kier molecular flexibility index (Phi) is 6.63. The minimum Gasteiger partial charge on any atom is -0.478 e. The van der Waals surface area contributed by atoms with Gasteiger partial charge in [-0.05, 0) is 6.07 Å². The van der Waals surface area contributed by atoms with E-state index in [-0.39, 0.29) is 22.8 Å². The first kappa shape index (κ1) is 21.9. The molecule has 0 fully saturated rings. The first-order valence-corrected chi connectivity index (χ1v) is 8.51. The number of esters is 1. The van der Waals surface area contributed by atoms with Crippen LogP contribution in [0, 0.1) is 0 Å². The topological polar surface area (TPSA) is 138 Å². The molecule has 2 aromatic rings. The van der Waals surface area contributed by atoms with Gasteiger partial charge in [0.1, 0.15) is 6.61 Å². The minimum atomic E-state index is -1.90. The lowest BCUT2D eigenvalue weighted by Crippen LogP contribution is -2.22. The third kappa shape index (κ3) is 4.08. The van der Waals surface area contributed by atoms with Crippen molar-refractivity contribution in [3.63, 3.8) is 0 Å². The Labute approximate surface area is 173 Å². The molecule has 0 saturated carbocycles. The van der Waals surface area contributed by atoms with Crippen LogP contribution in [0.1, 0.15) is 41.4 Å². The maximum atomic E-state index is 12.7. The lowest BCUT2D eigenvalue weighted by molar-refractivity contribution is 0.0534. The second-order valence-corrected chi connectivity index (χ2v) is 6.26. The van der Waals surface area contributed by atoms with Crippen molar-refractivity contribution in [2.24, 2.45) is 0 Å². The van der Waals surface area contributed by atoms with Gasteiger partial charge in [0.2, 0.25) is 0 Å². The maximum absolute atomic E-state index is 12.7. The Hall–Kier alpha value is -3.36. The number of aromatic carboxylic acids is 3. The van der Waals surface area contributed by atoms with E-state index in [1.165, 1.54) is 30.3 Å². The third-order valence-corrected chi connectivity index (χ3v) is 4.47. The lowest BCUT2D eigenvalue weighted by atomic mass is 9.87. The largest absolute Gasteiger partial charge is 0.478 e. The Morgan fingerprint density at radius 3 is 1.90 bits per heavy atom. The normalized spacial score (nSPS) is 10.3. The number of hydrogen-bond donors (Lipinski definition) is 3. The van der Waals surface area contributed by atoms with Crippen LogP contribution in [0.3, 0.4) is 0 Å². The van der Waals surface area contributed by atoms with Crippen molar-refractivity contribution in [3.05, 3.63) is 69.2 Å². The highest BCUT2D eigenvalue weighted by Crippen LogP contribution is 2.42. The van der Waals surface area contributed by atoms with E-state index in [0.29, 0.717) is 0 Å². The van der Waals surface area contributed by atoms with Crippen LogP contribution in [-0.4, -0.2) is 45.8 Å². The molecule has 0 saturated heterocycles. The van der Waals surface area contributed by atoms with Crippen LogP contribution in [0.15, 0.2) is 36.9 Å². The number of benzene rings is 2. The zero-order valence-corrected chi connectivity index (χ0v) is 16.0. The molecule has 0 spiro atoms. The van der Waals surface area contributed by atoms with Gasteiger partial charge in [-0.3, -0.25) is 0 Å². The van der Waals surface area contributed by atoms with E-state index in [9.17, 15) is 34.5 Å². The minimum absolute atomic E-state index is 0.0166. The fourth-order valence-corrected chi connectivity index (χ4v) is 3.28. The summed E-state index contributed by atoms with van der Waals surface area (Å²) >= 11 is 12.3. The molecular formula is C19H12Cl2O8. The smallest absolute Gasteiger partial charge is 0.340 e. The summed E-state index contributed by atoms with van der Waals surface area (Å²) in [5.74, 6) is -6.79. The number of carbonyl (C=O) groups is 4. The highest BCUT2D eigenvalue weighted by molar-refractivity contribution is 6.40. The summed E-state index contributed by atoms with van der Waals surface area (Å²) in [5.41, 5.74) is -4.32. The van der Waals surface area contributed by atoms with Gasteiger partial charge in [-0.15, -0.1) is 0 Å². The van der Waals surface area contributed by atoms with Crippen LogP contribution in [-0.2, 0) is 4.74 Å². The van der Waals surface area contributed by atoms with E-state index in [0.717, 1.165) is 0 Å². The SMILES string of the molecule is C=CCOC(=O)c1c(C(=O)O)c(C(=O)O)c(C(=O)O)c(Cl)c1-c1ccccc1Cl. The predicted octanol–water partition coefficient (Wildman–Crippen LogP) is 4.10. The first-order chi connectivity index (χ1) is 13.6. The van der Waals surface area contributed by atoms with Gasteiger partial charge in [-0.25, -0.2) is 19.2 Å². The molecule has 8 nitrogen and oxygen atoms in total. The number of rotatable bonds is 7. The average Bonchev–Trinajstić information content (AvgIpc) is 2.65. The summed E-state index contributed by atoms with van der Waals surface area (Å²) < 4.78 is 4.90. The van der Waals surface area contributed by atoms with Crippen LogP contribution in [0.4, 0.5) is 0 Å². The molecular weight excluding hydrogens is 427 g/mol. The van der Waals surface area contributed by atoms with E-state index in [1.54, 1.807) is 0 Å². The van der Waals surface area contributed by atoms with Crippen molar-refractivity contribution in [2.45, 2.75) is 0 Å². The molecule has 0 heterocycles. The van der Waals surface area contributed by atoms with Crippen LogP contribution < -0.4 is 0 Å². The van der Waals surface area contributed by atoms with Crippen LogP contribution in [0.25, 0.3) is 11.1 Å². The zero-order chi connectivity index (χ0) is 21.9. The van der Waals surface area contributed by atoms with Gasteiger partial charge in [-0.2, -0.15) is 0 Å². The Morgan fingerprint density at radius 1 is 0.897 bits per heavy atom. The predicted molar refractivity (Wildman–Crippen MR) is 103 cm³/mol. The standard InChI is InChI=1S/C19H12Cl2O8/c1-2-7-29-19(28)13-10(8-5-3-4-6-9(8)20)15(21)14(18(26)27)12(17(24)25)11(13)16(22)23/h2-6H,1,7H2,(H,22,23)(H,24,25)(H,26,27). The van der Waals surface area contributed by atoms with Crippen molar-refractivity contribution in [3.8, 4) is 11.1 Å². The molecule has 0 aliphatic carbocycles. The Bertz CT molecular complexity index is 1060. The quantitative estimate of drug-likeness (QED) is 0.433. The monoisotopic (exact) mass is 438 g/mol. The average molecular weight is 439 g/mol. The number of carboxylic acid groups (broad SMARTS) is 3. The van der Waals surface area contributed by atoms with E-state index >= 15 is 0 Å². The van der Waals surface area contributed by atoms with Gasteiger partial charge in [0.25, 0.3) is 0 Å². The molecule has 10 heteroatoms. The molecule has 0 amide bonds. The van der Waals surface area contributed by atoms with Crippen molar-refractivity contribution in [2.75, 3.05) is 6.61 Å². The summed E-state index contributed by atoms with van der Waals surface area (Å²) in [4.78, 5) is 48.1. The molecule has 0 aliphatic heterocycles. The fraction of sp³-hybridized carbons (Fsp3) is 0.0526. The van der Waals surface area contributed by atoms with Gasteiger partial charge in [0, 0.05) is 16.1 Å². The van der Waals surface area contributed by atoms with Crippen molar-refractivity contribution in [1.29, 1.82) is 0 Å². The highest BCUT2D eigenvalue weighted by Gasteiger charge is 2.37. The fourth-order valence-electron chi connectivity index (χ4n) is 2.68. The van der Waals surface area contributed by atoms with Crippen LogP contribution >= 0.6 is 23.2 Å². The number of carbonyl (C=O) groups excluding carboxylic acids is 1. The number of ether oxygens (including phenoxy) is 1. The lowest BCUT2D eigenvalue weighted by Gasteiger charge is -2.19. The van der Waals surface area contributed by atoms with E-state index < -0.39 is 51.2 Å². The number of carboxylic acids is 3. The molecule has 29 heavy (non-hydrogen) atoms. The zero-order valence-electron chi connectivity index (χ0n) is 14.4. The highest BCUT2D eigenvalue weighted by atomic mass is 35.5. The molecule has 0 bridgehead atoms. The molecule has 0 radical (unpaired) electrons. The molecule has 2 aromatic carbocycles. The Balaban J connectivity index is 3.16. The number of halogens is 2. The van der Waals surface area contributed by atoms with E-state index in [1.807, 2.05) is 0 Å². The number of hydrogen-bond acceptors (Lipinski definition) is 5. The second-order valence-electron chi connectivity index (χ2n) is 5.47. The molecule has 150 valence electrons. The Morgan fingerprint density at radius 2 is 1.41 bits per heavy atom. The summed E-state index contributed by atoms with van der Waals surface area (Å²) in [6.07, 6.45) is 1.21. The molecule has 2 rings (SSSR count). The molecule has 0 unspecified atom stereocenters. The van der Waals surface area contributed by atoms with Gasteiger partial charge in [0.15, 0.2) is 0 Å². The van der Waals surface area contributed by atoms with Gasteiger partial charge in [-0.1, -0.05) is 54.1 Å². The van der Waals surface area contributed by atoms with E-state index in [2.05, 4.69) is 6.58 Å². The first-order valence-electron chi connectivity index (χ1n) is 7.75. The third-order valence-electron chi connectivity index (χ3n) is 3.76.